The van der Waals surface area contributed by atoms with Gasteiger partial charge in [0.2, 0.25) is 0 Å². The van der Waals surface area contributed by atoms with Gasteiger partial charge in [-0.25, -0.2) is 9.97 Å². The normalized spacial score (nSPS) is 16.9. The Morgan fingerprint density at radius 1 is 1.15 bits per heavy atom. The maximum absolute atomic E-state index is 10.3. The first-order valence-corrected chi connectivity index (χ1v) is 9.72. The van der Waals surface area contributed by atoms with Gasteiger partial charge in [-0.15, -0.1) is 11.3 Å². The molecule has 0 aliphatic carbocycles. The van der Waals surface area contributed by atoms with Crippen molar-refractivity contribution in [2.45, 2.75) is 25.0 Å². The number of fused-ring (bicyclic) bond motifs is 1. The molecule has 1 saturated heterocycles. The van der Waals surface area contributed by atoms with E-state index in [1.165, 1.54) is 0 Å². The molecule has 6 nitrogen and oxygen atoms in total. The number of thiophene rings is 1. The third-order valence-corrected chi connectivity index (χ3v) is 5.80. The van der Waals surface area contributed by atoms with Gasteiger partial charge >= 0.3 is 0 Å². The number of phenols is 1. The van der Waals surface area contributed by atoms with Crippen LogP contribution in [-0.2, 0) is 0 Å². The molecule has 1 aromatic carbocycles. The number of phenolic OH excluding ortho intramolecular Hbond substituents is 1. The third-order valence-electron chi connectivity index (χ3n) is 4.90. The van der Waals surface area contributed by atoms with Crippen molar-refractivity contribution in [2.75, 3.05) is 24.5 Å². The van der Waals surface area contributed by atoms with Crippen molar-refractivity contribution in [1.82, 2.24) is 15.3 Å². The highest BCUT2D eigenvalue weighted by Gasteiger charge is 2.22. The van der Waals surface area contributed by atoms with Crippen LogP contribution in [0.25, 0.3) is 10.2 Å². The average molecular weight is 370 g/mol. The number of benzene rings is 1. The Hall–Kier alpha value is -2.22. The van der Waals surface area contributed by atoms with Crippen LogP contribution in [0.15, 0.2) is 42.0 Å². The summed E-state index contributed by atoms with van der Waals surface area (Å²) in [7, 11) is 0. The van der Waals surface area contributed by atoms with E-state index in [2.05, 4.69) is 25.6 Å². The molecule has 0 amide bonds. The quantitative estimate of drug-likeness (QED) is 0.641. The van der Waals surface area contributed by atoms with E-state index < -0.39 is 6.10 Å². The lowest BCUT2D eigenvalue weighted by Crippen LogP contribution is -2.44. The molecule has 0 radical (unpaired) electrons. The van der Waals surface area contributed by atoms with Crippen molar-refractivity contribution in [2.24, 2.45) is 0 Å². The molecule has 136 valence electrons. The molecular formula is C19H22N4O2S. The van der Waals surface area contributed by atoms with Crippen molar-refractivity contribution < 1.29 is 10.2 Å². The fourth-order valence-corrected chi connectivity index (χ4v) is 4.25. The van der Waals surface area contributed by atoms with Gasteiger partial charge in [0.1, 0.15) is 17.9 Å². The second-order valence-electron chi connectivity index (χ2n) is 6.61. The molecule has 2 aromatic heterocycles. The van der Waals surface area contributed by atoms with Crippen LogP contribution >= 0.6 is 11.3 Å². The summed E-state index contributed by atoms with van der Waals surface area (Å²) < 4.78 is 1.15. The Bertz CT molecular complexity index is 859. The van der Waals surface area contributed by atoms with E-state index in [1.54, 1.807) is 41.9 Å². The van der Waals surface area contributed by atoms with Crippen molar-refractivity contribution in [3.8, 4) is 5.75 Å². The highest BCUT2D eigenvalue weighted by molar-refractivity contribution is 7.17. The summed E-state index contributed by atoms with van der Waals surface area (Å²) in [5.74, 6) is 1.25. The van der Waals surface area contributed by atoms with Crippen LogP contribution in [0.4, 0.5) is 5.82 Å². The van der Waals surface area contributed by atoms with Crippen molar-refractivity contribution in [3.63, 3.8) is 0 Å². The average Bonchev–Trinajstić information content (AvgIpc) is 3.16. The van der Waals surface area contributed by atoms with Gasteiger partial charge in [0.25, 0.3) is 0 Å². The van der Waals surface area contributed by atoms with Crippen LogP contribution in [0.1, 0.15) is 24.5 Å². The summed E-state index contributed by atoms with van der Waals surface area (Å²) in [6, 6.07) is 9.13. The van der Waals surface area contributed by atoms with Crippen LogP contribution in [0.2, 0.25) is 0 Å². The summed E-state index contributed by atoms with van der Waals surface area (Å²) in [5, 5.41) is 25.2. The summed E-state index contributed by atoms with van der Waals surface area (Å²) in [4.78, 5) is 11.1. The topological polar surface area (TPSA) is 81.5 Å². The number of anilines is 1. The number of hydrogen-bond donors (Lipinski definition) is 3. The predicted molar refractivity (Wildman–Crippen MR) is 104 cm³/mol. The Kier molecular flexibility index (Phi) is 5.01. The molecule has 1 aliphatic heterocycles. The molecule has 26 heavy (non-hydrogen) atoms. The molecule has 7 heteroatoms. The minimum absolute atomic E-state index is 0.214. The van der Waals surface area contributed by atoms with Gasteiger partial charge in [0, 0.05) is 25.7 Å². The second kappa shape index (κ2) is 7.57. The van der Waals surface area contributed by atoms with E-state index in [9.17, 15) is 10.2 Å². The van der Waals surface area contributed by atoms with E-state index in [1.807, 2.05) is 6.07 Å². The number of nitrogens with one attached hydrogen (secondary N) is 1. The Balaban J connectivity index is 1.31. The van der Waals surface area contributed by atoms with Crippen LogP contribution < -0.4 is 10.2 Å². The number of rotatable bonds is 5. The number of aliphatic hydroxyl groups is 1. The van der Waals surface area contributed by atoms with Gasteiger partial charge in [-0.3, -0.25) is 0 Å². The highest BCUT2D eigenvalue weighted by Crippen LogP contribution is 2.29. The fourth-order valence-electron chi connectivity index (χ4n) is 3.39. The Morgan fingerprint density at radius 2 is 1.92 bits per heavy atom. The minimum Gasteiger partial charge on any atom is -0.508 e. The zero-order valence-corrected chi connectivity index (χ0v) is 15.2. The number of piperidine rings is 1. The molecule has 3 N–H and O–H groups in total. The first kappa shape index (κ1) is 17.2. The fraction of sp³-hybridized carbons (Fsp3) is 0.368. The van der Waals surface area contributed by atoms with Gasteiger partial charge in [0.15, 0.2) is 0 Å². The lowest BCUT2D eigenvalue weighted by molar-refractivity contribution is 0.167. The Morgan fingerprint density at radius 3 is 2.69 bits per heavy atom. The van der Waals surface area contributed by atoms with Crippen LogP contribution in [0.5, 0.6) is 5.75 Å². The van der Waals surface area contributed by atoms with Gasteiger partial charge in [0.05, 0.1) is 16.3 Å². The molecule has 3 heterocycles. The standard InChI is InChI=1S/C19H22N4O2S/c24-15-3-1-13(2-4-15)17(25)11-20-14-5-8-23(9-6-14)19-18-16(7-10-26-18)21-12-22-19/h1-4,7,10,12,14,17,20,24-25H,5-6,8-9,11H2/t17-/m1/s1. The Labute approximate surface area is 156 Å². The molecule has 1 aliphatic rings. The first-order valence-electron chi connectivity index (χ1n) is 8.84. The molecule has 3 aromatic rings. The maximum atomic E-state index is 10.3. The summed E-state index contributed by atoms with van der Waals surface area (Å²) in [5.41, 5.74) is 1.83. The largest absolute Gasteiger partial charge is 0.508 e. The van der Waals surface area contributed by atoms with E-state index in [-0.39, 0.29) is 5.75 Å². The molecule has 0 unspecified atom stereocenters. The van der Waals surface area contributed by atoms with E-state index in [0.29, 0.717) is 12.6 Å². The number of aromatic hydroxyl groups is 1. The van der Waals surface area contributed by atoms with Crippen LogP contribution in [-0.4, -0.2) is 45.9 Å². The van der Waals surface area contributed by atoms with E-state index in [0.717, 1.165) is 47.5 Å². The highest BCUT2D eigenvalue weighted by atomic mass is 32.1. The minimum atomic E-state index is -0.568. The number of aliphatic hydroxyl groups excluding tert-OH is 1. The molecule has 0 bridgehead atoms. The zero-order valence-electron chi connectivity index (χ0n) is 14.4. The lowest BCUT2D eigenvalue weighted by atomic mass is 10.0. The van der Waals surface area contributed by atoms with E-state index in [4.69, 9.17) is 0 Å². The smallest absolute Gasteiger partial charge is 0.150 e. The number of aromatic nitrogens is 2. The van der Waals surface area contributed by atoms with Gasteiger partial charge < -0.3 is 20.4 Å². The molecule has 0 saturated carbocycles. The SMILES string of the molecule is Oc1ccc([C@H](O)CNC2CCN(c3ncnc4ccsc34)CC2)cc1. The first-order chi connectivity index (χ1) is 12.7. The van der Waals surface area contributed by atoms with E-state index >= 15 is 0 Å². The van der Waals surface area contributed by atoms with Gasteiger partial charge in [-0.1, -0.05) is 12.1 Å². The lowest BCUT2D eigenvalue weighted by Gasteiger charge is -2.33. The van der Waals surface area contributed by atoms with Gasteiger partial charge in [-0.2, -0.15) is 0 Å². The summed E-state index contributed by atoms with van der Waals surface area (Å²) >= 11 is 1.69. The molecule has 1 atom stereocenters. The molecule has 1 fully saturated rings. The monoisotopic (exact) mass is 370 g/mol. The van der Waals surface area contributed by atoms with Crippen molar-refractivity contribution in [3.05, 3.63) is 47.6 Å². The van der Waals surface area contributed by atoms with Crippen LogP contribution in [0.3, 0.4) is 0 Å². The number of nitrogens with zero attached hydrogens (tertiary/aromatic N) is 3. The number of hydrogen-bond acceptors (Lipinski definition) is 7. The predicted octanol–water partition coefficient (Wildman–Crippen LogP) is 2.69. The second-order valence-corrected chi connectivity index (χ2v) is 7.53. The van der Waals surface area contributed by atoms with Crippen molar-refractivity contribution >= 4 is 27.4 Å². The summed E-state index contributed by atoms with van der Waals surface area (Å²) in [6.07, 6.45) is 3.10. The van der Waals surface area contributed by atoms with Crippen LogP contribution in [0, 0.1) is 0 Å². The summed E-state index contributed by atoms with van der Waals surface area (Å²) in [6.45, 7) is 2.39. The molecule has 0 spiro atoms. The molecule has 4 rings (SSSR count). The third kappa shape index (κ3) is 3.65. The zero-order chi connectivity index (χ0) is 17.9. The maximum Gasteiger partial charge on any atom is 0.150 e. The van der Waals surface area contributed by atoms with Crippen molar-refractivity contribution in [1.29, 1.82) is 0 Å². The van der Waals surface area contributed by atoms with Gasteiger partial charge in [-0.05, 0) is 42.0 Å². The molecular weight excluding hydrogens is 348 g/mol.